The maximum absolute atomic E-state index is 14.7. The maximum atomic E-state index is 14.7. The van der Waals surface area contributed by atoms with Gasteiger partial charge in [0.1, 0.15) is 28.7 Å². The first-order valence-corrected chi connectivity index (χ1v) is 11.6. The summed E-state index contributed by atoms with van der Waals surface area (Å²) in [6, 6.07) is 11.8. The molecule has 2 heterocycles. The molecule has 0 fully saturated rings. The van der Waals surface area contributed by atoms with Crippen LogP contribution in [0.5, 0.6) is 11.5 Å². The molecule has 0 bridgehead atoms. The van der Waals surface area contributed by atoms with E-state index in [2.05, 4.69) is 15.5 Å². The van der Waals surface area contributed by atoms with Crippen LogP contribution in [0.1, 0.15) is 16.1 Å². The average Bonchev–Trinajstić information content (AvgIpc) is 2.84. The number of halogens is 4. The second kappa shape index (κ2) is 10.9. The molecule has 0 atom stereocenters. The number of rotatable bonds is 7. The van der Waals surface area contributed by atoms with Crippen LogP contribution in [0.3, 0.4) is 0 Å². The van der Waals surface area contributed by atoms with Crippen LogP contribution in [-0.2, 0) is 6.54 Å². The second-order valence-corrected chi connectivity index (χ2v) is 8.79. The Bertz CT molecular complexity index is 1530. The lowest BCUT2D eigenvalue weighted by Crippen LogP contribution is -2.29. The van der Waals surface area contributed by atoms with Crippen molar-refractivity contribution in [2.24, 2.45) is 5.18 Å². The van der Waals surface area contributed by atoms with Gasteiger partial charge in [0.15, 0.2) is 11.6 Å². The normalized spacial score (nSPS) is 10.7. The van der Waals surface area contributed by atoms with Crippen LogP contribution >= 0.6 is 34.2 Å². The Morgan fingerprint density at radius 2 is 1.86 bits per heavy atom. The van der Waals surface area contributed by atoms with Crippen molar-refractivity contribution >= 4 is 45.8 Å². The number of aromatic nitrogens is 2. The van der Waals surface area contributed by atoms with Crippen LogP contribution in [-0.4, -0.2) is 15.5 Å². The van der Waals surface area contributed by atoms with Gasteiger partial charge in [0.05, 0.1) is 5.69 Å². The number of hydrogen-bond donors (Lipinski definition) is 1. The number of nitroso groups, excluding NO2 is 1. The zero-order chi connectivity index (χ0) is 25.8. The fourth-order valence-electron chi connectivity index (χ4n) is 3.21. The lowest BCUT2D eigenvalue weighted by molar-refractivity contribution is 0.102. The third-order valence-electron chi connectivity index (χ3n) is 4.92. The number of nitrogens with one attached hydrogen (secondary N) is 1. The Labute approximate surface area is 221 Å². The Morgan fingerprint density at radius 3 is 2.56 bits per heavy atom. The number of pyridine rings is 2. The zero-order valence-corrected chi connectivity index (χ0v) is 21.0. The zero-order valence-electron chi connectivity index (χ0n) is 18.0. The number of ether oxygens (including phenoxy) is 1. The van der Waals surface area contributed by atoms with E-state index in [4.69, 9.17) is 16.3 Å². The van der Waals surface area contributed by atoms with Crippen molar-refractivity contribution in [1.82, 2.24) is 9.55 Å². The molecule has 2 aromatic carbocycles. The molecule has 0 saturated heterocycles. The van der Waals surface area contributed by atoms with Gasteiger partial charge in [-0.1, -0.05) is 16.8 Å². The first-order chi connectivity index (χ1) is 17.3. The molecule has 4 rings (SSSR count). The molecule has 1 N–H and O–H groups in total. The summed E-state index contributed by atoms with van der Waals surface area (Å²) in [6.45, 7) is -0.273. The molecule has 0 aliphatic carbocycles. The lowest BCUT2D eigenvalue weighted by atomic mass is 10.2. The summed E-state index contributed by atoms with van der Waals surface area (Å²) in [7, 11) is 0. The van der Waals surface area contributed by atoms with Crippen molar-refractivity contribution in [3.8, 4) is 17.2 Å². The first-order valence-electron chi connectivity index (χ1n) is 10.2. The van der Waals surface area contributed by atoms with E-state index in [9.17, 15) is 23.3 Å². The monoisotopic (exact) mass is 622 g/mol. The van der Waals surface area contributed by atoms with Gasteiger partial charge in [-0.15, -0.1) is 0 Å². The highest BCUT2D eigenvalue weighted by Gasteiger charge is 2.19. The SMILES string of the molecule is O=NCc1nccc(Oc2ccc(NC(=O)c3c(I)ccn(-c4ccc(F)cc4)c3=O)cc2F)c1Cl. The van der Waals surface area contributed by atoms with Crippen molar-refractivity contribution in [3.63, 3.8) is 0 Å². The molecule has 12 heteroatoms. The molecule has 0 aliphatic rings. The molecule has 0 saturated carbocycles. The molecule has 1 amide bonds. The third kappa shape index (κ3) is 5.41. The quantitative estimate of drug-likeness (QED) is 0.199. The Kier molecular flexibility index (Phi) is 7.70. The minimum absolute atomic E-state index is 0.0185. The molecule has 36 heavy (non-hydrogen) atoms. The molecular weight excluding hydrogens is 609 g/mol. The number of nitrogens with zero attached hydrogens (tertiary/aromatic N) is 3. The van der Waals surface area contributed by atoms with E-state index in [1.807, 2.05) is 22.6 Å². The molecule has 8 nitrogen and oxygen atoms in total. The van der Waals surface area contributed by atoms with E-state index < -0.39 is 23.1 Å². The smallest absolute Gasteiger partial charge is 0.269 e. The average molecular weight is 623 g/mol. The van der Waals surface area contributed by atoms with Crippen LogP contribution in [0.4, 0.5) is 14.5 Å². The molecule has 0 unspecified atom stereocenters. The molecule has 182 valence electrons. The fourth-order valence-corrected chi connectivity index (χ4v) is 4.06. The number of hydrogen-bond acceptors (Lipinski definition) is 6. The van der Waals surface area contributed by atoms with E-state index in [0.29, 0.717) is 9.26 Å². The van der Waals surface area contributed by atoms with E-state index in [1.165, 1.54) is 59.4 Å². The third-order valence-corrected chi connectivity index (χ3v) is 6.23. The molecular formula is C24H14ClF2IN4O4. The topological polar surface area (TPSA) is 103 Å². The van der Waals surface area contributed by atoms with Gasteiger partial charge >= 0.3 is 0 Å². The van der Waals surface area contributed by atoms with Gasteiger partial charge in [-0.2, -0.15) is 4.91 Å². The van der Waals surface area contributed by atoms with Crippen molar-refractivity contribution in [2.75, 3.05) is 5.32 Å². The van der Waals surface area contributed by atoms with E-state index in [1.54, 1.807) is 6.07 Å². The Hall–Kier alpha value is -3.71. The highest BCUT2D eigenvalue weighted by Crippen LogP contribution is 2.33. The van der Waals surface area contributed by atoms with Gasteiger partial charge < -0.3 is 10.1 Å². The fraction of sp³-hybridized carbons (Fsp3) is 0.0417. The number of carbonyl (C=O) groups is 1. The summed E-state index contributed by atoms with van der Waals surface area (Å²) in [5.74, 6) is -2.16. The van der Waals surface area contributed by atoms with E-state index in [-0.39, 0.29) is 40.0 Å². The maximum Gasteiger partial charge on any atom is 0.269 e. The highest BCUT2D eigenvalue weighted by molar-refractivity contribution is 14.1. The molecule has 0 spiro atoms. The van der Waals surface area contributed by atoms with Crippen LogP contribution in [0, 0.1) is 20.1 Å². The standard InChI is InChI=1S/C24H14ClF2IN4O4/c25-22-18(12-30-35)29-9-7-20(22)36-19-6-3-14(11-16(19)27)31-23(33)21-17(28)8-10-32(24(21)34)15-4-1-13(26)2-5-15/h1-11H,12H2,(H,31,33). The molecule has 0 aliphatic heterocycles. The van der Waals surface area contributed by atoms with Crippen molar-refractivity contribution in [1.29, 1.82) is 0 Å². The minimum Gasteiger partial charge on any atom is -0.453 e. The Morgan fingerprint density at radius 1 is 1.11 bits per heavy atom. The van der Waals surface area contributed by atoms with E-state index >= 15 is 0 Å². The van der Waals surface area contributed by atoms with Crippen LogP contribution < -0.4 is 15.6 Å². The van der Waals surface area contributed by atoms with Gasteiger partial charge in [-0.25, -0.2) is 8.78 Å². The molecule has 0 radical (unpaired) electrons. The largest absolute Gasteiger partial charge is 0.453 e. The van der Waals surface area contributed by atoms with Crippen LogP contribution in [0.2, 0.25) is 5.02 Å². The van der Waals surface area contributed by atoms with E-state index in [0.717, 1.165) is 6.07 Å². The summed E-state index contributed by atoms with van der Waals surface area (Å²) in [6.07, 6.45) is 2.81. The van der Waals surface area contributed by atoms with Gasteiger partial charge in [0, 0.05) is 39.5 Å². The van der Waals surface area contributed by atoms with Gasteiger partial charge in [0.25, 0.3) is 11.5 Å². The van der Waals surface area contributed by atoms with Crippen molar-refractivity contribution in [2.45, 2.75) is 6.54 Å². The Balaban J connectivity index is 1.57. The minimum atomic E-state index is -0.817. The summed E-state index contributed by atoms with van der Waals surface area (Å²) in [4.78, 5) is 40.4. The number of carbonyl (C=O) groups excluding carboxylic acids is 1. The van der Waals surface area contributed by atoms with Crippen molar-refractivity contribution < 1.29 is 18.3 Å². The summed E-state index contributed by atoms with van der Waals surface area (Å²) < 4.78 is 35.1. The van der Waals surface area contributed by atoms with Crippen molar-refractivity contribution in [3.05, 3.63) is 114 Å². The molecule has 2 aromatic heterocycles. The first kappa shape index (κ1) is 25.4. The summed E-state index contributed by atoms with van der Waals surface area (Å²) in [5.41, 5.74) is -0.162. The number of amides is 1. The van der Waals surface area contributed by atoms with Gasteiger partial charge in [0.2, 0.25) is 0 Å². The lowest BCUT2D eigenvalue weighted by Gasteiger charge is -2.12. The van der Waals surface area contributed by atoms with Crippen LogP contribution in [0.25, 0.3) is 5.69 Å². The number of benzene rings is 2. The summed E-state index contributed by atoms with van der Waals surface area (Å²) in [5, 5.41) is 5.25. The predicted octanol–water partition coefficient (Wildman–Crippen LogP) is 6.08. The van der Waals surface area contributed by atoms with Gasteiger partial charge in [-0.3, -0.25) is 19.1 Å². The molecule has 4 aromatic rings. The summed E-state index contributed by atoms with van der Waals surface area (Å²) >= 11 is 7.98. The van der Waals surface area contributed by atoms with Crippen LogP contribution in [0.15, 0.2) is 77.0 Å². The highest BCUT2D eigenvalue weighted by atomic mass is 127. The second-order valence-electron chi connectivity index (χ2n) is 7.25. The predicted molar refractivity (Wildman–Crippen MR) is 138 cm³/mol. The number of anilines is 1. The van der Waals surface area contributed by atoms with Gasteiger partial charge in [-0.05, 0) is 65.1 Å².